The second kappa shape index (κ2) is 8.97. The second-order valence-electron chi connectivity index (χ2n) is 6.00. The fourth-order valence-corrected chi connectivity index (χ4v) is 2.80. The molecule has 0 unspecified atom stereocenters. The molecular formula is C20H26N2O3. The zero-order valence-electron chi connectivity index (χ0n) is 15.3. The number of nitrogens with one attached hydrogen (secondary N) is 2. The number of carbonyl (C=O) groups excluding carboxylic acids is 1. The number of ether oxygens (including phenoxy) is 2. The Kier molecular flexibility index (Phi) is 6.69. The Balaban J connectivity index is 1.74. The van der Waals surface area contributed by atoms with Gasteiger partial charge >= 0.3 is 6.03 Å². The van der Waals surface area contributed by atoms with Crippen LogP contribution < -0.4 is 20.1 Å². The molecule has 0 bridgehead atoms. The predicted octanol–water partition coefficient (Wildman–Crippen LogP) is 3.50. The van der Waals surface area contributed by atoms with Gasteiger partial charge in [0.2, 0.25) is 0 Å². The van der Waals surface area contributed by atoms with Gasteiger partial charge in [-0.25, -0.2) is 4.79 Å². The summed E-state index contributed by atoms with van der Waals surface area (Å²) in [5.74, 6) is 1.65. The van der Waals surface area contributed by atoms with Gasteiger partial charge in [0.15, 0.2) is 0 Å². The van der Waals surface area contributed by atoms with E-state index in [9.17, 15) is 4.79 Å². The predicted molar refractivity (Wildman–Crippen MR) is 99.4 cm³/mol. The molecular weight excluding hydrogens is 316 g/mol. The van der Waals surface area contributed by atoms with E-state index >= 15 is 0 Å². The number of hydrogen-bond donors (Lipinski definition) is 2. The van der Waals surface area contributed by atoms with Crippen LogP contribution in [-0.2, 0) is 6.54 Å². The lowest BCUT2D eigenvalue weighted by atomic mass is 10.1. The molecule has 0 aromatic heterocycles. The maximum atomic E-state index is 11.9. The lowest BCUT2D eigenvalue weighted by molar-refractivity contribution is 0.236. The maximum Gasteiger partial charge on any atom is 0.315 e. The summed E-state index contributed by atoms with van der Waals surface area (Å²) in [6, 6.07) is 11.6. The van der Waals surface area contributed by atoms with Crippen molar-refractivity contribution in [1.82, 2.24) is 10.6 Å². The van der Waals surface area contributed by atoms with Crippen LogP contribution in [0.5, 0.6) is 11.5 Å². The van der Waals surface area contributed by atoms with Crippen LogP contribution in [0.2, 0.25) is 0 Å². The van der Waals surface area contributed by atoms with Gasteiger partial charge in [0.1, 0.15) is 18.1 Å². The van der Waals surface area contributed by atoms with E-state index in [-0.39, 0.29) is 6.03 Å². The average Bonchev–Trinajstić information content (AvgIpc) is 2.58. The van der Waals surface area contributed by atoms with Crippen molar-refractivity contribution in [1.29, 1.82) is 0 Å². The molecule has 2 amide bonds. The number of para-hydroxylation sites is 1. The van der Waals surface area contributed by atoms with Crippen molar-refractivity contribution in [3.05, 3.63) is 58.7 Å². The quantitative estimate of drug-likeness (QED) is 0.757. The van der Waals surface area contributed by atoms with Gasteiger partial charge < -0.3 is 20.1 Å². The second-order valence-corrected chi connectivity index (χ2v) is 6.00. The Morgan fingerprint density at radius 2 is 1.72 bits per heavy atom. The minimum atomic E-state index is -0.230. The number of carbonyl (C=O) groups is 1. The smallest absolute Gasteiger partial charge is 0.315 e. The number of benzene rings is 2. The minimum absolute atomic E-state index is 0.230. The number of aryl methyl sites for hydroxylation is 3. The van der Waals surface area contributed by atoms with Crippen LogP contribution in [0.25, 0.3) is 0 Å². The van der Waals surface area contributed by atoms with Gasteiger partial charge in [-0.15, -0.1) is 0 Å². The number of rotatable bonds is 7. The highest BCUT2D eigenvalue weighted by molar-refractivity contribution is 5.73. The van der Waals surface area contributed by atoms with Crippen LogP contribution in [0, 0.1) is 20.8 Å². The van der Waals surface area contributed by atoms with Crippen molar-refractivity contribution in [2.24, 2.45) is 0 Å². The summed E-state index contributed by atoms with van der Waals surface area (Å²) in [5, 5.41) is 5.61. The fourth-order valence-electron chi connectivity index (χ4n) is 2.80. The Morgan fingerprint density at radius 3 is 2.40 bits per heavy atom. The molecule has 25 heavy (non-hydrogen) atoms. The summed E-state index contributed by atoms with van der Waals surface area (Å²) in [4.78, 5) is 11.9. The zero-order chi connectivity index (χ0) is 18.2. The van der Waals surface area contributed by atoms with E-state index in [0.29, 0.717) is 19.7 Å². The average molecular weight is 342 g/mol. The third-order valence-electron chi connectivity index (χ3n) is 3.87. The number of methoxy groups -OCH3 is 1. The molecule has 0 saturated carbocycles. The molecule has 0 radical (unpaired) electrons. The van der Waals surface area contributed by atoms with Crippen molar-refractivity contribution in [3.8, 4) is 11.5 Å². The van der Waals surface area contributed by atoms with E-state index in [1.54, 1.807) is 7.11 Å². The third-order valence-corrected chi connectivity index (χ3v) is 3.87. The Hall–Kier alpha value is -2.69. The number of amides is 2. The highest BCUT2D eigenvalue weighted by Gasteiger charge is 2.06. The molecule has 0 atom stereocenters. The Morgan fingerprint density at radius 1 is 1.04 bits per heavy atom. The number of urea groups is 1. The lowest BCUT2D eigenvalue weighted by Crippen LogP contribution is -2.37. The highest BCUT2D eigenvalue weighted by Crippen LogP contribution is 2.24. The van der Waals surface area contributed by atoms with Crippen LogP contribution >= 0.6 is 0 Å². The summed E-state index contributed by atoms with van der Waals surface area (Å²) in [5.41, 5.74) is 4.37. The minimum Gasteiger partial charge on any atom is -0.496 e. The summed E-state index contributed by atoms with van der Waals surface area (Å²) >= 11 is 0. The summed E-state index contributed by atoms with van der Waals surface area (Å²) in [6.45, 7) is 7.40. The molecule has 0 aliphatic rings. The topological polar surface area (TPSA) is 59.6 Å². The van der Waals surface area contributed by atoms with Crippen LogP contribution in [0.4, 0.5) is 4.79 Å². The fraction of sp³-hybridized carbons (Fsp3) is 0.350. The summed E-state index contributed by atoms with van der Waals surface area (Å²) in [7, 11) is 1.62. The van der Waals surface area contributed by atoms with Crippen LogP contribution in [0.15, 0.2) is 36.4 Å². The first-order chi connectivity index (χ1) is 12.0. The van der Waals surface area contributed by atoms with E-state index in [4.69, 9.17) is 9.47 Å². The van der Waals surface area contributed by atoms with Crippen LogP contribution in [-0.4, -0.2) is 26.3 Å². The van der Waals surface area contributed by atoms with Gasteiger partial charge in [0.05, 0.1) is 13.7 Å². The molecule has 2 rings (SSSR count). The van der Waals surface area contributed by atoms with E-state index in [2.05, 4.69) is 29.7 Å². The van der Waals surface area contributed by atoms with Crippen LogP contribution in [0.3, 0.4) is 0 Å². The zero-order valence-corrected chi connectivity index (χ0v) is 15.3. The van der Waals surface area contributed by atoms with Gasteiger partial charge in [0.25, 0.3) is 0 Å². The van der Waals surface area contributed by atoms with Crippen molar-refractivity contribution >= 4 is 6.03 Å². The first-order valence-electron chi connectivity index (χ1n) is 8.35. The van der Waals surface area contributed by atoms with Crippen LogP contribution in [0.1, 0.15) is 22.3 Å². The molecule has 2 aromatic carbocycles. The normalized spacial score (nSPS) is 10.2. The molecule has 0 heterocycles. The molecule has 0 aliphatic carbocycles. The lowest BCUT2D eigenvalue weighted by Gasteiger charge is -2.14. The van der Waals surface area contributed by atoms with E-state index in [1.165, 1.54) is 5.56 Å². The van der Waals surface area contributed by atoms with Gasteiger partial charge in [-0.3, -0.25) is 0 Å². The van der Waals surface area contributed by atoms with Gasteiger partial charge in [-0.2, -0.15) is 0 Å². The molecule has 134 valence electrons. The van der Waals surface area contributed by atoms with Crippen molar-refractivity contribution in [2.45, 2.75) is 27.3 Å². The molecule has 0 spiro atoms. The van der Waals surface area contributed by atoms with Gasteiger partial charge in [0, 0.05) is 12.1 Å². The Bertz CT molecular complexity index is 706. The van der Waals surface area contributed by atoms with Crippen molar-refractivity contribution < 1.29 is 14.3 Å². The first kappa shape index (κ1) is 18.6. The molecule has 5 nitrogen and oxygen atoms in total. The third kappa shape index (κ3) is 5.41. The molecule has 5 heteroatoms. The molecule has 0 fully saturated rings. The van der Waals surface area contributed by atoms with Gasteiger partial charge in [-0.05, 0) is 38.0 Å². The summed E-state index contributed by atoms with van der Waals surface area (Å²) in [6.07, 6.45) is 0. The monoisotopic (exact) mass is 342 g/mol. The van der Waals surface area contributed by atoms with Crippen molar-refractivity contribution in [2.75, 3.05) is 20.3 Å². The first-order valence-corrected chi connectivity index (χ1v) is 8.35. The maximum absolute atomic E-state index is 11.9. The molecule has 2 N–H and O–H groups in total. The Labute approximate surface area is 149 Å². The summed E-state index contributed by atoms with van der Waals surface area (Å²) < 4.78 is 11.1. The SMILES string of the molecule is COc1ccccc1CNC(=O)NCCOc1c(C)cc(C)cc1C. The molecule has 0 aliphatic heterocycles. The van der Waals surface area contributed by atoms with E-state index in [1.807, 2.05) is 38.1 Å². The van der Waals surface area contributed by atoms with E-state index in [0.717, 1.165) is 28.2 Å². The molecule has 0 saturated heterocycles. The number of hydrogen-bond acceptors (Lipinski definition) is 3. The van der Waals surface area contributed by atoms with Crippen molar-refractivity contribution in [3.63, 3.8) is 0 Å². The van der Waals surface area contributed by atoms with E-state index < -0.39 is 0 Å². The molecule has 2 aromatic rings. The highest BCUT2D eigenvalue weighted by atomic mass is 16.5. The largest absolute Gasteiger partial charge is 0.496 e. The standard InChI is InChI=1S/C20H26N2O3/c1-14-11-15(2)19(16(3)12-14)25-10-9-21-20(23)22-13-17-7-5-6-8-18(17)24-4/h5-8,11-12H,9-10,13H2,1-4H3,(H2,21,22,23). The van der Waals surface area contributed by atoms with Gasteiger partial charge in [-0.1, -0.05) is 35.9 Å².